The summed E-state index contributed by atoms with van der Waals surface area (Å²) in [6, 6.07) is 13.3. The number of rotatable bonds is 4. The van der Waals surface area contributed by atoms with Gasteiger partial charge in [-0.3, -0.25) is 4.79 Å². The van der Waals surface area contributed by atoms with E-state index in [1.54, 1.807) is 12.1 Å². The van der Waals surface area contributed by atoms with Crippen LogP contribution in [0.1, 0.15) is 19.3 Å². The number of anilines is 1. The molecule has 0 aliphatic heterocycles. The van der Waals surface area contributed by atoms with Crippen molar-refractivity contribution in [2.75, 3.05) is 5.32 Å². The molecule has 1 aliphatic carbocycles. The second-order valence-electron chi connectivity index (χ2n) is 5.81. The van der Waals surface area contributed by atoms with Gasteiger partial charge < -0.3 is 15.8 Å². The second-order valence-corrected chi connectivity index (χ2v) is 5.81. The van der Waals surface area contributed by atoms with Crippen molar-refractivity contribution in [3.05, 3.63) is 54.3 Å². The monoisotopic (exact) mass is 314 g/mol. The van der Waals surface area contributed by atoms with Crippen molar-refractivity contribution in [3.63, 3.8) is 0 Å². The zero-order chi connectivity index (χ0) is 16.2. The fourth-order valence-electron chi connectivity index (χ4n) is 2.79. The quantitative estimate of drug-likeness (QED) is 0.904. The molecule has 5 heteroatoms. The van der Waals surface area contributed by atoms with Gasteiger partial charge in [-0.05, 0) is 43.5 Å². The molecule has 0 bridgehead atoms. The van der Waals surface area contributed by atoms with Gasteiger partial charge in [-0.1, -0.05) is 18.2 Å². The predicted octanol–water partition coefficient (Wildman–Crippen LogP) is 3.68. The average molecular weight is 314 g/mol. The van der Waals surface area contributed by atoms with Crippen LogP contribution in [-0.4, -0.2) is 11.9 Å². The lowest BCUT2D eigenvalue weighted by molar-refractivity contribution is -0.119. The highest BCUT2D eigenvalue weighted by Crippen LogP contribution is 2.32. The zero-order valence-electron chi connectivity index (χ0n) is 12.7. The van der Waals surface area contributed by atoms with E-state index < -0.39 is 5.82 Å². The lowest BCUT2D eigenvalue weighted by atomic mass is 10.1. The fraction of sp³-hybridized carbons (Fsp3) is 0.278. The molecule has 2 unspecified atom stereocenters. The molecule has 0 saturated heterocycles. The molecular weight excluding hydrogens is 295 g/mol. The molecule has 4 nitrogen and oxygen atoms in total. The Balaban J connectivity index is 1.77. The standard InChI is InChI=1S/C18H19FN2O2/c19-13-7-9-17(23-15-4-2-1-3-5-15)16(11-13)21-18(22)12-6-8-14(20)10-12/h1-5,7,9,11-12,14H,6,8,10,20H2,(H,21,22). The summed E-state index contributed by atoms with van der Waals surface area (Å²) in [5, 5.41) is 2.77. The van der Waals surface area contributed by atoms with Crippen LogP contribution in [0.2, 0.25) is 0 Å². The Hall–Kier alpha value is -2.40. The maximum absolute atomic E-state index is 13.5. The fourth-order valence-corrected chi connectivity index (χ4v) is 2.79. The van der Waals surface area contributed by atoms with Crippen molar-refractivity contribution in [3.8, 4) is 11.5 Å². The van der Waals surface area contributed by atoms with Gasteiger partial charge in [-0.15, -0.1) is 0 Å². The number of carbonyl (C=O) groups is 1. The Morgan fingerprint density at radius 1 is 1.17 bits per heavy atom. The van der Waals surface area contributed by atoms with Crippen molar-refractivity contribution in [1.29, 1.82) is 0 Å². The first-order chi connectivity index (χ1) is 11.1. The van der Waals surface area contributed by atoms with Crippen molar-refractivity contribution in [1.82, 2.24) is 0 Å². The summed E-state index contributed by atoms with van der Waals surface area (Å²) >= 11 is 0. The topological polar surface area (TPSA) is 64.4 Å². The van der Waals surface area contributed by atoms with Gasteiger partial charge >= 0.3 is 0 Å². The first-order valence-electron chi connectivity index (χ1n) is 7.71. The average Bonchev–Trinajstić information content (AvgIpc) is 2.98. The van der Waals surface area contributed by atoms with E-state index in [1.165, 1.54) is 18.2 Å². The van der Waals surface area contributed by atoms with Gasteiger partial charge in [0.15, 0.2) is 5.75 Å². The van der Waals surface area contributed by atoms with E-state index in [2.05, 4.69) is 5.32 Å². The van der Waals surface area contributed by atoms with E-state index in [0.29, 0.717) is 23.6 Å². The number of halogens is 1. The number of carbonyl (C=O) groups excluding carboxylic acids is 1. The Kier molecular flexibility index (Phi) is 4.57. The third-order valence-corrected chi connectivity index (χ3v) is 4.01. The largest absolute Gasteiger partial charge is 0.455 e. The summed E-state index contributed by atoms with van der Waals surface area (Å²) in [6.07, 6.45) is 2.27. The molecule has 0 heterocycles. The highest BCUT2D eigenvalue weighted by atomic mass is 19.1. The van der Waals surface area contributed by atoms with Gasteiger partial charge in [-0.25, -0.2) is 4.39 Å². The second kappa shape index (κ2) is 6.79. The summed E-state index contributed by atoms with van der Waals surface area (Å²) < 4.78 is 19.3. The number of hydrogen-bond acceptors (Lipinski definition) is 3. The minimum absolute atomic E-state index is 0.0679. The van der Waals surface area contributed by atoms with Crippen LogP contribution in [0, 0.1) is 11.7 Å². The molecule has 2 aromatic rings. The van der Waals surface area contributed by atoms with Gasteiger partial charge in [0, 0.05) is 18.0 Å². The summed E-state index contributed by atoms with van der Waals surface area (Å²) in [5.41, 5.74) is 6.18. The first kappa shape index (κ1) is 15.5. The number of amides is 1. The molecule has 120 valence electrons. The van der Waals surface area contributed by atoms with Gasteiger partial charge in [0.1, 0.15) is 11.6 Å². The maximum atomic E-state index is 13.5. The van der Waals surface area contributed by atoms with Crippen LogP contribution in [0.3, 0.4) is 0 Å². The molecule has 3 N–H and O–H groups in total. The zero-order valence-corrected chi connectivity index (χ0v) is 12.7. The number of para-hydroxylation sites is 1. The van der Waals surface area contributed by atoms with E-state index in [1.807, 2.05) is 18.2 Å². The Labute approximate surface area is 134 Å². The lowest BCUT2D eigenvalue weighted by Gasteiger charge is -2.15. The highest BCUT2D eigenvalue weighted by molar-refractivity contribution is 5.94. The Bertz CT molecular complexity index is 691. The normalized spacial score (nSPS) is 20.3. The van der Waals surface area contributed by atoms with Crippen molar-refractivity contribution in [2.45, 2.75) is 25.3 Å². The Morgan fingerprint density at radius 2 is 1.96 bits per heavy atom. The third-order valence-electron chi connectivity index (χ3n) is 4.01. The number of ether oxygens (including phenoxy) is 1. The van der Waals surface area contributed by atoms with Crippen LogP contribution in [0.25, 0.3) is 0 Å². The van der Waals surface area contributed by atoms with Gasteiger partial charge in [-0.2, -0.15) is 0 Å². The SMILES string of the molecule is NC1CCC(C(=O)Nc2cc(F)ccc2Oc2ccccc2)C1. The first-order valence-corrected chi connectivity index (χ1v) is 7.71. The van der Waals surface area contributed by atoms with Crippen LogP contribution >= 0.6 is 0 Å². The molecule has 1 fully saturated rings. The van der Waals surface area contributed by atoms with Crippen molar-refractivity contribution >= 4 is 11.6 Å². The molecular formula is C18H19FN2O2. The molecule has 0 radical (unpaired) electrons. The molecule has 3 rings (SSSR count). The van der Waals surface area contributed by atoms with Crippen molar-refractivity contribution in [2.24, 2.45) is 11.7 Å². The van der Waals surface area contributed by atoms with Gasteiger partial charge in [0.2, 0.25) is 5.91 Å². The highest BCUT2D eigenvalue weighted by Gasteiger charge is 2.28. The van der Waals surface area contributed by atoms with Gasteiger partial charge in [0.05, 0.1) is 5.69 Å². The van der Waals surface area contributed by atoms with Gasteiger partial charge in [0.25, 0.3) is 0 Å². The smallest absolute Gasteiger partial charge is 0.227 e. The summed E-state index contributed by atoms with van der Waals surface area (Å²) in [4.78, 5) is 12.3. The van der Waals surface area contributed by atoms with Crippen LogP contribution in [0.4, 0.5) is 10.1 Å². The number of nitrogens with two attached hydrogens (primary N) is 1. The molecule has 1 saturated carbocycles. The molecule has 1 aliphatic rings. The minimum Gasteiger partial charge on any atom is -0.455 e. The molecule has 0 aromatic heterocycles. The summed E-state index contributed by atoms with van der Waals surface area (Å²) in [7, 11) is 0. The number of benzene rings is 2. The maximum Gasteiger partial charge on any atom is 0.227 e. The van der Waals surface area contributed by atoms with Crippen LogP contribution in [0.15, 0.2) is 48.5 Å². The minimum atomic E-state index is -0.427. The van der Waals surface area contributed by atoms with E-state index in [0.717, 1.165) is 12.8 Å². The van der Waals surface area contributed by atoms with Crippen molar-refractivity contribution < 1.29 is 13.9 Å². The van der Waals surface area contributed by atoms with E-state index in [9.17, 15) is 9.18 Å². The summed E-state index contributed by atoms with van der Waals surface area (Å²) in [5.74, 6) is 0.342. The number of nitrogens with one attached hydrogen (secondary N) is 1. The number of hydrogen-bond donors (Lipinski definition) is 2. The van der Waals surface area contributed by atoms with E-state index in [4.69, 9.17) is 10.5 Å². The van der Waals surface area contributed by atoms with Crippen LogP contribution < -0.4 is 15.8 Å². The summed E-state index contributed by atoms with van der Waals surface area (Å²) in [6.45, 7) is 0. The molecule has 1 amide bonds. The molecule has 2 aromatic carbocycles. The van der Waals surface area contributed by atoms with Crippen LogP contribution in [0.5, 0.6) is 11.5 Å². The lowest BCUT2D eigenvalue weighted by Crippen LogP contribution is -2.23. The molecule has 2 atom stereocenters. The molecule has 0 spiro atoms. The predicted molar refractivity (Wildman–Crippen MR) is 86.9 cm³/mol. The van der Waals surface area contributed by atoms with E-state index in [-0.39, 0.29) is 17.9 Å². The van der Waals surface area contributed by atoms with Crippen LogP contribution in [-0.2, 0) is 4.79 Å². The Morgan fingerprint density at radius 3 is 2.65 bits per heavy atom. The third kappa shape index (κ3) is 3.87. The molecule has 23 heavy (non-hydrogen) atoms. The van der Waals surface area contributed by atoms with E-state index >= 15 is 0 Å².